The topological polar surface area (TPSA) is 75.0 Å². The molecule has 0 unspecified atom stereocenters. The number of hydrogen-bond acceptors (Lipinski definition) is 5. The van der Waals surface area contributed by atoms with Gasteiger partial charge in [0.05, 0.1) is 22.3 Å². The van der Waals surface area contributed by atoms with Crippen molar-refractivity contribution in [3.8, 4) is 23.1 Å². The highest BCUT2D eigenvalue weighted by atomic mass is 35.5. The van der Waals surface area contributed by atoms with E-state index in [9.17, 15) is 4.79 Å². The van der Waals surface area contributed by atoms with E-state index in [1.807, 2.05) is 41.8 Å². The second kappa shape index (κ2) is 8.00. The summed E-state index contributed by atoms with van der Waals surface area (Å²) in [5, 5.41) is 14.3. The molecule has 26 heavy (non-hydrogen) atoms. The zero-order chi connectivity index (χ0) is 18.5. The summed E-state index contributed by atoms with van der Waals surface area (Å²) in [5.41, 5.74) is 2.21. The number of hydrogen-bond donors (Lipinski definition) is 1. The van der Waals surface area contributed by atoms with Crippen molar-refractivity contribution < 1.29 is 9.53 Å². The van der Waals surface area contributed by atoms with Gasteiger partial charge >= 0.3 is 0 Å². The van der Waals surface area contributed by atoms with Gasteiger partial charge in [0.2, 0.25) is 0 Å². The van der Waals surface area contributed by atoms with Gasteiger partial charge in [-0.2, -0.15) is 5.26 Å². The molecule has 130 valence electrons. The average Bonchev–Trinajstić information content (AvgIpc) is 3.12. The highest BCUT2D eigenvalue weighted by Crippen LogP contribution is 2.27. The Hall–Kier alpha value is -2.88. The predicted octanol–water partition coefficient (Wildman–Crippen LogP) is 4.74. The van der Waals surface area contributed by atoms with Gasteiger partial charge in [0.15, 0.2) is 11.2 Å². The second-order valence-electron chi connectivity index (χ2n) is 5.41. The van der Waals surface area contributed by atoms with E-state index in [0.29, 0.717) is 16.4 Å². The lowest BCUT2D eigenvalue weighted by Gasteiger charge is -2.14. The molecule has 3 rings (SSSR count). The van der Waals surface area contributed by atoms with E-state index in [4.69, 9.17) is 21.6 Å². The van der Waals surface area contributed by atoms with Crippen LogP contribution in [0.2, 0.25) is 5.02 Å². The second-order valence-corrected chi connectivity index (χ2v) is 6.68. The lowest BCUT2D eigenvalue weighted by atomic mass is 10.2. The summed E-state index contributed by atoms with van der Waals surface area (Å²) in [4.78, 5) is 16.8. The molecule has 1 heterocycles. The molecule has 0 saturated carbocycles. The van der Waals surface area contributed by atoms with Crippen molar-refractivity contribution in [2.45, 2.75) is 13.0 Å². The molecule has 5 nitrogen and oxygen atoms in total. The summed E-state index contributed by atoms with van der Waals surface area (Å²) in [6, 6.07) is 16.4. The average molecular weight is 384 g/mol. The van der Waals surface area contributed by atoms with Gasteiger partial charge in [0.1, 0.15) is 5.75 Å². The van der Waals surface area contributed by atoms with Crippen molar-refractivity contribution in [3.05, 3.63) is 64.5 Å². The Bertz CT molecular complexity index is 966. The molecule has 1 N–H and O–H groups in total. The zero-order valence-electron chi connectivity index (χ0n) is 13.8. The monoisotopic (exact) mass is 383 g/mol. The first-order valence-corrected chi connectivity index (χ1v) is 9.00. The molecule has 0 aliphatic rings. The highest BCUT2D eigenvalue weighted by Gasteiger charge is 2.18. The van der Waals surface area contributed by atoms with Crippen LogP contribution in [-0.4, -0.2) is 17.0 Å². The van der Waals surface area contributed by atoms with E-state index in [1.54, 1.807) is 19.1 Å². The fraction of sp³-hybridized carbons (Fsp3) is 0.105. The molecular formula is C19H14ClN3O2S. The molecular weight excluding hydrogens is 370 g/mol. The Balaban J connectivity index is 1.65. The minimum absolute atomic E-state index is 0.282. The van der Waals surface area contributed by atoms with Crippen LogP contribution in [0.1, 0.15) is 12.5 Å². The van der Waals surface area contributed by atoms with Crippen LogP contribution >= 0.6 is 22.9 Å². The van der Waals surface area contributed by atoms with Crippen LogP contribution in [0.3, 0.4) is 0 Å². The van der Waals surface area contributed by atoms with Crippen molar-refractivity contribution in [3.63, 3.8) is 0 Å². The maximum atomic E-state index is 12.3. The molecule has 0 fully saturated rings. The molecule has 0 aliphatic heterocycles. The summed E-state index contributed by atoms with van der Waals surface area (Å²) in [7, 11) is 0. The summed E-state index contributed by atoms with van der Waals surface area (Å²) in [6.07, 6.45) is -0.774. The summed E-state index contributed by atoms with van der Waals surface area (Å²) >= 11 is 7.41. The molecule has 1 atom stereocenters. The van der Waals surface area contributed by atoms with Crippen LogP contribution in [0.25, 0.3) is 11.3 Å². The number of halogens is 1. The molecule has 0 bridgehead atoms. The van der Waals surface area contributed by atoms with E-state index >= 15 is 0 Å². The van der Waals surface area contributed by atoms with Gasteiger partial charge in [-0.25, -0.2) is 4.98 Å². The molecule has 0 aliphatic carbocycles. The lowest BCUT2D eigenvalue weighted by molar-refractivity contribution is -0.122. The number of amides is 1. The number of rotatable bonds is 5. The predicted molar refractivity (Wildman–Crippen MR) is 102 cm³/mol. The van der Waals surface area contributed by atoms with Crippen LogP contribution in [0, 0.1) is 11.3 Å². The van der Waals surface area contributed by atoms with E-state index in [2.05, 4.69) is 10.3 Å². The SMILES string of the molecule is C[C@H](Oc1ccc(C#N)cc1Cl)C(=O)Nc1nc(-c2ccccc2)cs1. The van der Waals surface area contributed by atoms with Crippen LogP contribution in [0.4, 0.5) is 5.13 Å². The maximum absolute atomic E-state index is 12.3. The molecule has 0 spiro atoms. The fourth-order valence-corrected chi connectivity index (χ4v) is 3.14. The lowest BCUT2D eigenvalue weighted by Crippen LogP contribution is -2.30. The number of carbonyl (C=O) groups excluding carboxylic acids is 1. The summed E-state index contributed by atoms with van der Waals surface area (Å²) < 4.78 is 5.59. The first-order valence-electron chi connectivity index (χ1n) is 7.75. The normalized spacial score (nSPS) is 11.4. The van der Waals surface area contributed by atoms with Gasteiger partial charge in [-0.05, 0) is 25.1 Å². The quantitative estimate of drug-likeness (QED) is 0.690. The first kappa shape index (κ1) is 17.9. The largest absolute Gasteiger partial charge is 0.479 e. The molecule has 3 aromatic rings. The van der Waals surface area contributed by atoms with Crippen LogP contribution in [0.5, 0.6) is 5.75 Å². The number of nitrogens with zero attached hydrogens (tertiary/aromatic N) is 2. The Morgan fingerprint density at radius 1 is 1.31 bits per heavy atom. The molecule has 2 aromatic carbocycles. The van der Waals surface area contributed by atoms with Crippen molar-refractivity contribution in [1.29, 1.82) is 5.26 Å². The Morgan fingerprint density at radius 2 is 2.08 bits per heavy atom. The number of anilines is 1. The van der Waals surface area contributed by atoms with Gasteiger partial charge in [0.25, 0.3) is 5.91 Å². The van der Waals surface area contributed by atoms with Crippen LogP contribution < -0.4 is 10.1 Å². The van der Waals surface area contributed by atoms with Crippen molar-refractivity contribution >= 4 is 34.0 Å². The van der Waals surface area contributed by atoms with Crippen LogP contribution in [0.15, 0.2) is 53.9 Å². The first-order chi connectivity index (χ1) is 12.6. The number of carbonyl (C=O) groups is 1. The third-order valence-corrected chi connectivity index (χ3v) is 4.59. The maximum Gasteiger partial charge on any atom is 0.266 e. The minimum atomic E-state index is -0.774. The third-order valence-electron chi connectivity index (χ3n) is 3.54. The Kier molecular flexibility index (Phi) is 5.52. The van der Waals surface area contributed by atoms with E-state index in [1.165, 1.54) is 17.4 Å². The fourth-order valence-electron chi connectivity index (χ4n) is 2.19. The number of aromatic nitrogens is 1. The van der Waals surface area contributed by atoms with Crippen molar-refractivity contribution in [2.75, 3.05) is 5.32 Å². The van der Waals surface area contributed by atoms with Gasteiger partial charge < -0.3 is 4.74 Å². The summed E-state index contributed by atoms with van der Waals surface area (Å²) in [6.45, 7) is 1.62. The minimum Gasteiger partial charge on any atom is -0.479 e. The number of nitriles is 1. The molecule has 7 heteroatoms. The van der Waals surface area contributed by atoms with Gasteiger partial charge in [-0.1, -0.05) is 41.9 Å². The van der Waals surface area contributed by atoms with Crippen molar-refractivity contribution in [1.82, 2.24) is 4.98 Å². The number of nitrogens with one attached hydrogen (secondary N) is 1. The molecule has 1 amide bonds. The molecule has 0 radical (unpaired) electrons. The highest BCUT2D eigenvalue weighted by molar-refractivity contribution is 7.14. The van der Waals surface area contributed by atoms with E-state index in [0.717, 1.165) is 11.3 Å². The molecule has 1 aromatic heterocycles. The van der Waals surface area contributed by atoms with Gasteiger partial charge in [-0.3, -0.25) is 10.1 Å². The van der Waals surface area contributed by atoms with Gasteiger partial charge in [-0.15, -0.1) is 11.3 Å². The van der Waals surface area contributed by atoms with E-state index in [-0.39, 0.29) is 10.9 Å². The number of ether oxygens (including phenoxy) is 1. The number of benzene rings is 2. The van der Waals surface area contributed by atoms with Gasteiger partial charge in [0, 0.05) is 10.9 Å². The Morgan fingerprint density at radius 3 is 2.77 bits per heavy atom. The van der Waals surface area contributed by atoms with E-state index < -0.39 is 6.10 Å². The molecule has 0 saturated heterocycles. The third kappa shape index (κ3) is 4.20. The number of thiazole rings is 1. The van der Waals surface area contributed by atoms with Crippen molar-refractivity contribution in [2.24, 2.45) is 0 Å². The standard InChI is InChI=1S/C19H14ClN3O2S/c1-12(25-17-8-7-13(10-21)9-15(17)20)18(24)23-19-22-16(11-26-19)14-5-3-2-4-6-14/h2-9,11-12H,1H3,(H,22,23,24)/t12-/m0/s1. The zero-order valence-corrected chi connectivity index (χ0v) is 15.3. The smallest absolute Gasteiger partial charge is 0.266 e. The van der Waals surface area contributed by atoms with Crippen LogP contribution in [-0.2, 0) is 4.79 Å². The Labute approximate surface area is 159 Å². The summed E-state index contributed by atoms with van der Waals surface area (Å²) in [5.74, 6) is 0.0109.